The predicted molar refractivity (Wildman–Crippen MR) is 97.4 cm³/mol. The molecule has 29 heavy (non-hydrogen) atoms. The first kappa shape index (κ1) is 20.6. The second kappa shape index (κ2) is 7.69. The zero-order chi connectivity index (χ0) is 21.3. The number of rotatable bonds is 3. The molecular weight excluding hydrogens is 389 g/mol. The number of primary amides is 1. The topological polar surface area (TPSA) is 98.3 Å². The van der Waals surface area contributed by atoms with Crippen LogP contribution in [0.15, 0.2) is 35.1 Å². The SMILES string of the molecule is Cc1cc(=O)c(C(=O)N2CCCCC2C(N)=O)nn1-c1cccc(C(F)(F)F)c1. The number of alkyl halides is 3. The molecule has 2 heterocycles. The van der Waals surface area contributed by atoms with Crippen molar-refractivity contribution < 1.29 is 22.8 Å². The molecular formula is C19H19F3N4O3. The first-order chi connectivity index (χ1) is 13.6. The van der Waals surface area contributed by atoms with Gasteiger partial charge in [0.25, 0.3) is 5.91 Å². The van der Waals surface area contributed by atoms with Gasteiger partial charge in [-0.2, -0.15) is 18.3 Å². The van der Waals surface area contributed by atoms with E-state index in [0.29, 0.717) is 19.3 Å². The molecule has 10 heteroatoms. The molecule has 3 rings (SSSR count). The van der Waals surface area contributed by atoms with E-state index in [1.165, 1.54) is 24.0 Å². The normalized spacial score (nSPS) is 17.2. The van der Waals surface area contributed by atoms with E-state index < -0.39 is 40.7 Å². The molecule has 1 fully saturated rings. The van der Waals surface area contributed by atoms with E-state index in [1.807, 2.05) is 0 Å². The number of carbonyl (C=O) groups excluding carboxylic acids is 2. The molecule has 2 aromatic rings. The molecule has 2 amide bonds. The Hall–Kier alpha value is -3.17. The summed E-state index contributed by atoms with van der Waals surface area (Å²) in [6.07, 6.45) is -2.81. The summed E-state index contributed by atoms with van der Waals surface area (Å²) >= 11 is 0. The van der Waals surface area contributed by atoms with E-state index in [2.05, 4.69) is 5.10 Å². The summed E-state index contributed by atoms with van der Waals surface area (Å²) in [6.45, 7) is 1.74. The van der Waals surface area contributed by atoms with Crippen molar-refractivity contribution in [3.8, 4) is 5.69 Å². The molecule has 1 aliphatic heterocycles. The molecule has 154 valence electrons. The Morgan fingerprint density at radius 3 is 2.59 bits per heavy atom. The Balaban J connectivity index is 2.06. The van der Waals surface area contributed by atoms with E-state index in [0.717, 1.165) is 22.9 Å². The molecule has 2 N–H and O–H groups in total. The summed E-state index contributed by atoms with van der Waals surface area (Å²) < 4.78 is 40.2. The maximum absolute atomic E-state index is 13.0. The molecule has 0 saturated carbocycles. The van der Waals surface area contributed by atoms with Gasteiger partial charge < -0.3 is 10.6 Å². The number of carbonyl (C=O) groups is 2. The lowest BCUT2D eigenvalue weighted by Crippen LogP contribution is -2.51. The highest BCUT2D eigenvalue weighted by Gasteiger charge is 2.34. The predicted octanol–water partition coefficient (Wildman–Crippen LogP) is 2.04. The van der Waals surface area contributed by atoms with Crippen molar-refractivity contribution in [2.75, 3.05) is 6.54 Å². The number of nitrogens with zero attached hydrogens (tertiary/aromatic N) is 3. The largest absolute Gasteiger partial charge is 0.416 e. The zero-order valence-corrected chi connectivity index (χ0v) is 15.6. The molecule has 1 aromatic heterocycles. The van der Waals surface area contributed by atoms with Gasteiger partial charge in [0, 0.05) is 18.3 Å². The number of halogens is 3. The molecule has 0 radical (unpaired) electrons. The number of amides is 2. The Bertz CT molecular complexity index is 1020. The van der Waals surface area contributed by atoms with Crippen molar-refractivity contribution in [1.82, 2.24) is 14.7 Å². The quantitative estimate of drug-likeness (QED) is 0.840. The van der Waals surface area contributed by atoms with Gasteiger partial charge in [0.05, 0.1) is 11.3 Å². The number of aromatic nitrogens is 2. The third-order valence-electron chi connectivity index (χ3n) is 4.82. The van der Waals surface area contributed by atoms with Crippen LogP contribution in [-0.4, -0.2) is 39.1 Å². The van der Waals surface area contributed by atoms with Crippen LogP contribution in [0, 0.1) is 6.92 Å². The van der Waals surface area contributed by atoms with E-state index >= 15 is 0 Å². The highest BCUT2D eigenvalue weighted by molar-refractivity contribution is 5.95. The van der Waals surface area contributed by atoms with Crippen LogP contribution >= 0.6 is 0 Å². The number of piperidine rings is 1. The van der Waals surface area contributed by atoms with E-state index in [-0.39, 0.29) is 17.9 Å². The minimum absolute atomic E-state index is 0.0523. The Morgan fingerprint density at radius 2 is 1.93 bits per heavy atom. The van der Waals surface area contributed by atoms with Crippen molar-refractivity contribution >= 4 is 11.8 Å². The minimum Gasteiger partial charge on any atom is -0.368 e. The fourth-order valence-corrected chi connectivity index (χ4v) is 3.38. The van der Waals surface area contributed by atoms with Crippen molar-refractivity contribution in [1.29, 1.82) is 0 Å². The zero-order valence-electron chi connectivity index (χ0n) is 15.6. The van der Waals surface area contributed by atoms with Crippen LogP contribution in [0.2, 0.25) is 0 Å². The number of likely N-dealkylation sites (tertiary alicyclic amines) is 1. The van der Waals surface area contributed by atoms with Crippen LogP contribution < -0.4 is 11.2 Å². The number of aryl methyl sites for hydroxylation is 1. The number of benzene rings is 1. The summed E-state index contributed by atoms with van der Waals surface area (Å²) in [7, 11) is 0. The molecule has 7 nitrogen and oxygen atoms in total. The Morgan fingerprint density at radius 1 is 1.21 bits per heavy atom. The average Bonchev–Trinajstić information content (AvgIpc) is 2.67. The summed E-state index contributed by atoms with van der Waals surface area (Å²) in [5, 5.41) is 4.03. The van der Waals surface area contributed by atoms with Crippen LogP contribution in [-0.2, 0) is 11.0 Å². The van der Waals surface area contributed by atoms with E-state index in [4.69, 9.17) is 5.73 Å². The lowest BCUT2D eigenvalue weighted by Gasteiger charge is -2.33. The number of hydrogen-bond acceptors (Lipinski definition) is 4. The molecule has 1 aliphatic rings. The van der Waals surface area contributed by atoms with E-state index in [9.17, 15) is 27.6 Å². The first-order valence-electron chi connectivity index (χ1n) is 8.98. The molecule has 0 spiro atoms. The maximum atomic E-state index is 13.0. The van der Waals surface area contributed by atoms with Gasteiger partial charge in [0.2, 0.25) is 11.3 Å². The Kier molecular flexibility index (Phi) is 5.45. The molecule has 1 atom stereocenters. The monoisotopic (exact) mass is 408 g/mol. The summed E-state index contributed by atoms with van der Waals surface area (Å²) in [5.74, 6) is -1.44. The highest BCUT2D eigenvalue weighted by atomic mass is 19.4. The van der Waals surface area contributed by atoms with Gasteiger partial charge in [-0.05, 0) is 44.4 Å². The van der Waals surface area contributed by atoms with E-state index in [1.54, 1.807) is 0 Å². The van der Waals surface area contributed by atoms with Gasteiger partial charge in [-0.3, -0.25) is 14.4 Å². The molecule has 1 saturated heterocycles. The van der Waals surface area contributed by atoms with Crippen LogP contribution in [0.5, 0.6) is 0 Å². The van der Waals surface area contributed by atoms with Gasteiger partial charge in [-0.1, -0.05) is 6.07 Å². The average molecular weight is 408 g/mol. The van der Waals surface area contributed by atoms with Gasteiger partial charge in [-0.15, -0.1) is 0 Å². The van der Waals surface area contributed by atoms with Crippen molar-refractivity contribution in [3.05, 3.63) is 57.5 Å². The fourth-order valence-electron chi connectivity index (χ4n) is 3.38. The van der Waals surface area contributed by atoms with Crippen LogP contribution in [0.1, 0.15) is 41.0 Å². The van der Waals surface area contributed by atoms with Crippen molar-refractivity contribution in [3.63, 3.8) is 0 Å². The van der Waals surface area contributed by atoms with Crippen molar-refractivity contribution in [2.45, 2.75) is 38.4 Å². The van der Waals surface area contributed by atoms with Gasteiger partial charge in [-0.25, -0.2) is 4.68 Å². The summed E-state index contributed by atoms with van der Waals surface area (Å²) in [4.78, 5) is 38.2. The van der Waals surface area contributed by atoms with Crippen LogP contribution in [0.25, 0.3) is 5.69 Å². The lowest BCUT2D eigenvalue weighted by atomic mass is 10.0. The second-order valence-electron chi connectivity index (χ2n) is 6.87. The molecule has 0 aliphatic carbocycles. The smallest absolute Gasteiger partial charge is 0.368 e. The fraction of sp³-hybridized carbons (Fsp3) is 0.368. The number of nitrogens with two attached hydrogens (primary N) is 1. The summed E-state index contributed by atoms with van der Waals surface area (Å²) in [6, 6.07) is 4.68. The van der Waals surface area contributed by atoms with Crippen molar-refractivity contribution in [2.24, 2.45) is 5.73 Å². The molecule has 1 unspecified atom stereocenters. The van der Waals surface area contributed by atoms with Gasteiger partial charge >= 0.3 is 6.18 Å². The third kappa shape index (κ3) is 4.15. The van der Waals surface area contributed by atoms with Gasteiger partial charge in [0.15, 0.2) is 5.69 Å². The molecule has 1 aromatic carbocycles. The first-order valence-corrected chi connectivity index (χ1v) is 8.98. The maximum Gasteiger partial charge on any atom is 0.416 e. The molecule has 0 bridgehead atoms. The lowest BCUT2D eigenvalue weighted by molar-refractivity contribution is -0.137. The van der Waals surface area contributed by atoms with Crippen LogP contribution in [0.3, 0.4) is 0 Å². The van der Waals surface area contributed by atoms with Crippen LogP contribution in [0.4, 0.5) is 13.2 Å². The standard InChI is InChI=1S/C19H19F3N4O3/c1-11-9-15(27)16(18(29)25-8-3-2-7-14(25)17(23)28)24-26(11)13-6-4-5-12(10-13)19(20,21)22/h4-6,9-10,14H,2-3,7-8H2,1H3,(H2,23,28). The third-order valence-corrected chi connectivity index (χ3v) is 4.82. The minimum atomic E-state index is -4.55. The number of hydrogen-bond donors (Lipinski definition) is 1. The second-order valence-corrected chi connectivity index (χ2v) is 6.87. The highest BCUT2D eigenvalue weighted by Crippen LogP contribution is 2.30. The summed E-state index contributed by atoms with van der Waals surface area (Å²) in [5.41, 5.74) is 3.65. The van der Waals surface area contributed by atoms with Gasteiger partial charge in [0.1, 0.15) is 6.04 Å². The Labute approximate surface area is 163 Å².